The highest BCUT2D eigenvalue weighted by Gasteiger charge is 2.23. The molecular formula is C24H22O6. The standard InChI is InChI=1S/C24H22O6/c1-3-19(25-13-23-15-27-23)11-21(5-1)29-17-7-9-18(10-8-17)30-22-6-2-4-20(12-22)26-14-24-16-28-24/h1-12,23-24H,13-16H2. The number of epoxide rings is 2. The van der Waals surface area contributed by atoms with E-state index >= 15 is 0 Å². The van der Waals surface area contributed by atoms with Crippen molar-refractivity contribution >= 4 is 0 Å². The molecule has 154 valence electrons. The van der Waals surface area contributed by atoms with Gasteiger partial charge in [-0.3, -0.25) is 0 Å². The van der Waals surface area contributed by atoms with E-state index in [-0.39, 0.29) is 12.2 Å². The summed E-state index contributed by atoms with van der Waals surface area (Å²) in [5, 5.41) is 0. The third kappa shape index (κ3) is 5.43. The lowest BCUT2D eigenvalue weighted by Gasteiger charge is -2.11. The van der Waals surface area contributed by atoms with E-state index in [9.17, 15) is 0 Å². The molecule has 0 spiro atoms. The summed E-state index contributed by atoms with van der Waals surface area (Å²) < 4.78 is 33.6. The summed E-state index contributed by atoms with van der Waals surface area (Å²) in [7, 11) is 0. The molecule has 2 saturated heterocycles. The Bertz CT molecular complexity index is 898. The zero-order chi connectivity index (χ0) is 20.2. The molecule has 2 aliphatic heterocycles. The van der Waals surface area contributed by atoms with Gasteiger partial charge in [0.2, 0.25) is 0 Å². The smallest absolute Gasteiger partial charge is 0.131 e. The van der Waals surface area contributed by atoms with Gasteiger partial charge in [-0.25, -0.2) is 0 Å². The molecule has 0 radical (unpaired) electrons. The van der Waals surface area contributed by atoms with Crippen molar-refractivity contribution in [2.24, 2.45) is 0 Å². The second-order valence-corrected chi connectivity index (χ2v) is 7.16. The molecule has 0 aromatic heterocycles. The molecule has 6 heteroatoms. The molecule has 2 fully saturated rings. The summed E-state index contributed by atoms with van der Waals surface area (Å²) in [6.45, 7) is 2.68. The number of rotatable bonds is 10. The highest BCUT2D eigenvalue weighted by atomic mass is 16.6. The molecule has 6 nitrogen and oxygen atoms in total. The second kappa shape index (κ2) is 8.65. The summed E-state index contributed by atoms with van der Waals surface area (Å²) in [5.74, 6) is 4.37. The van der Waals surface area contributed by atoms with Crippen LogP contribution in [0.25, 0.3) is 0 Å². The van der Waals surface area contributed by atoms with Gasteiger partial charge in [-0.1, -0.05) is 12.1 Å². The lowest BCUT2D eigenvalue weighted by Crippen LogP contribution is -2.03. The van der Waals surface area contributed by atoms with Gasteiger partial charge in [0.05, 0.1) is 13.2 Å². The lowest BCUT2D eigenvalue weighted by atomic mass is 10.3. The minimum absolute atomic E-state index is 0.224. The van der Waals surface area contributed by atoms with E-state index < -0.39 is 0 Å². The van der Waals surface area contributed by atoms with Gasteiger partial charge >= 0.3 is 0 Å². The Balaban J connectivity index is 1.17. The van der Waals surface area contributed by atoms with Gasteiger partial charge in [0, 0.05) is 12.1 Å². The predicted molar refractivity (Wildman–Crippen MR) is 110 cm³/mol. The maximum Gasteiger partial charge on any atom is 0.131 e. The van der Waals surface area contributed by atoms with Crippen LogP contribution in [0, 0.1) is 0 Å². The summed E-state index contributed by atoms with van der Waals surface area (Å²) in [4.78, 5) is 0. The molecule has 3 aromatic carbocycles. The van der Waals surface area contributed by atoms with Crippen molar-refractivity contribution in [1.82, 2.24) is 0 Å². The third-order valence-corrected chi connectivity index (χ3v) is 4.58. The molecule has 5 rings (SSSR count). The maximum absolute atomic E-state index is 5.93. The average Bonchev–Trinajstić information content (AvgIpc) is 3.68. The van der Waals surface area contributed by atoms with Crippen LogP contribution in [0.4, 0.5) is 0 Å². The highest BCUT2D eigenvalue weighted by molar-refractivity contribution is 5.41. The van der Waals surface area contributed by atoms with Crippen molar-refractivity contribution in [3.63, 3.8) is 0 Å². The molecule has 2 heterocycles. The summed E-state index contributed by atoms with van der Waals surface area (Å²) in [6, 6.07) is 22.6. The van der Waals surface area contributed by atoms with Gasteiger partial charge in [-0.2, -0.15) is 0 Å². The number of hydrogen-bond acceptors (Lipinski definition) is 6. The molecule has 2 aliphatic rings. The van der Waals surface area contributed by atoms with Crippen LogP contribution >= 0.6 is 0 Å². The Morgan fingerprint density at radius 2 is 0.967 bits per heavy atom. The fourth-order valence-electron chi connectivity index (χ4n) is 2.81. The average molecular weight is 406 g/mol. The minimum atomic E-state index is 0.224. The number of benzene rings is 3. The molecule has 0 N–H and O–H groups in total. The molecule has 30 heavy (non-hydrogen) atoms. The van der Waals surface area contributed by atoms with Crippen molar-refractivity contribution in [2.45, 2.75) is 12.2 Å². The maximum atomic E-state index is 5.93. The Morgan fingerprint density at radius 3 is 1.37 bits per heavy atom. The Kier molecular flexibility index (Phi) is 5.42. The topological polar surface area (TPSA) is 62.0 Å². The van der Waals surface area contributed by atoms with Crippen molar-refractivity contribution in [2.75, 3.05) is 26.4 Å². The molecular weight excluding hydrogens is 384 g/mol. The Labute approximate surface area is 174 Å². The van der Waals surface area contributed by atoms with Gasteiger partial charge in [0.1, 0.15) is 59.9 Å². The van der Waals surface area contributed by atoms with Crippen molar-refractivity contribution in [3.8, 4) is 34.5 Å². The van der Waals surface area contributed by atoms with Crippen molar-refractivity contribution in [1.29, 1.82) is 0 Å². The van der Waals surface area contributed by atoms with Crippen LogP contribution in [0.1, 0.15) is 0 Å². The lowest BCUT2D eigenvalue weighted by molar-refractivity contribution is 0.262. The normalized spacial score (nSPS) is 19.1. The first-order valence-corrected chi connectivity index (χ1v) is 9.95. The molecule has 0 aliphatic carbocycles. The fraction of sp³-hybridized carbons (Fsp3) is 0.250. The monoisotopic (exact) mass is 406 g/mol. The van der Waals surface area contributed by atoms with Crippen LogP contribution in [0.5, 0.6) is 34.5 Å². The van der Waals surface area contributed by atoms with E-state index in [1.54, 1.807) is 0 Å². The number of hydrogen-bond donors (Lipinski definition) is 0. The van der Waals surface area contributed by atoms with Crippen LogP contribution < -0.4 is 18.9 Å². The zero-order valence-corrected chi connectivity index (χ0v) is 16.4. The second-order valence-electron chi connectivity index (χ2n) is 7.16. The molecule has 0 amide bonds. The van der Waals surface area contributed by atoms with E-state index in [1.165, 1.54) is 0 Å². The third-order valence-electron chi connectivity index (χ3n) is 4.58. The molecule has 0 saturated carbocycles. The van der Waals surface area contributed by atoms with Gasteiger partial charge in [0.25, 0.3) is 0 Å². The fourth-order valence-corrected chi connectivity index (χ4v) is 2.81. The Hall–Kier alpha value is -3.22. The van der Waals surface area contributed by atoms with Crippen molar-refractivity contribution < 1.29 is 28.4 Å². The van der Waals surface area contributed by atoms with Gasteiger partial charge in [0.15, 0.2) is 0 Å². The quantitative estimate of drug-likeness (QED) is 0.450. The first-order valence-electron chi connectivity index (χ1n) is 9.95. The molecule has 2 unspecified atom stereocenters. The van der Waals surface area contributed by atoms with Gasteiger partial charge in [-0.15, -0.1) is 0 Å². The Morgan fingerprint density at radius 1 is 0.567 bits per heavy atom. The largest absolute Gasteiger partial charge is 0.491 e. The van der Waals surface area contributed by atoms with Gasteiger partial charge < -0.3 is 28.4 Å². The van der Waals surface area contributed by atoms with E-state index in [4.69, 9.17) is 28.4 Å². The first kappa shape index (κ1) is 18.8. The van der Waals surface area contributed by atoms with E-state index in [0.717, 1.165) is 24.7 Å². The van der Waals surface area contributed by atoms with E-state index in [1.807, 2.05) is 72.8 Å². The summed E-state index contributed by atoms with van der Waals surface area (Å²) in [6.07, 6.45) is 0.447. The van der Waals surface area contributed by atoms with Crippen LogP contribution in [-0.4, -0.2) is 38.6 Å². The highest BCUT2D eigenvalue weighted by Crippen LogP contribution is 2.30. The van der Waals surface area contributed by atoms with E-state index in [0.29, 0.717) is 36.2 Å². The predicted octanol–water partition coefficient (Wildman–Crippen LogP) is 4.83. The minimum Gasteiger partial charge on any atom is -0.491 e. The summed E-state index contributed by atoms with van der Waals surface area (Å²) in [5.41, 5.74) is 0. The SMILES string of the molecule is c1cc(OCC2CO2)cc(Oc2ccc(Oc3cccc(OCC4CO4)c3)cc2)c1. The van der Waals surface area contributed by atoms with Crippen LogP contribution in [0.15, 0.2) is 72.8 Å². The number of ether oxygens (including phenoxy) is 6. The summed E-state index contributed by atoms with van der Waals surface area (Å²) >= 11 is 0. The molecule has 0 bridgehead atoms. The van der Waals surface area contributed by atoms with Crippen LogP contribution in [0.2, 0.25) is 0 Å². The zero-order valence-electron chi connectivity index (χ0n) is 16.4. The van der Waals surface area contributed by atoms with Crippen LogP contribution in [0.3, 0.4) is 0 Å². The molecule has 3 aromatic rings. The van der Waals surface area contributed by atoms with Crippen LogP contribution in [-0.2, 0) is 9.47 Å². The molecule has 2 atom stereocenters. The van der Waals surface area contributed by atoms with Gasteiger partial charge in [-0.05, 0) is 48.5 Å². The first-order chi connectivity index (χ1) is 14.8. The van der Waals surface area contributed by atoms with Crippen molar-refractivity contribution in [3.05, 3.63) is 72.8 Å². The van der Waals surface area contributed by atoms with E-state index in [2.05, 4.69) is 0 Å².